The molecule has 1 atom stereocenters. The number of carboxylic acids is 1. The van der Waals surface area contributed by atoms with E-state index in [9.17, 15) is 22.7 Å². The van der Waals surface area contributed by atoms with Gasteiger partial charge < -0.3 is 5.11 Å². The van der Waals surface area contributed by atoms with Crippen molar-refractivity contribution >= 4 is 21.7 Å². The standard InChI is InChI=1S/C16H16FNO4S/c1-11-3-7-14(8-4-11)18(12(2)16(19)20)23(21,22)15-9-5-13(17)6-10-15/h3-10,12H,1-2H3,(H,19,20). The lowest BCUT2D eigenvalue weighted by Crippen LogP contribution is -2.43. The normalized spacial score (nSPS) is 12.7. The predicted molar refractivity (Wildman–Crippen MR) is 84.3 cm³/mol. The molecule has 2 aromatic carbocycles. The highest BCUT2D eigenvalue weighted by atomic mass is 32.2. The van der Waals surface area contributed by atoms with Crippen LogP contribution in [-0.2, 0) is 14.8 Å². The maximum atomic E-state index is 13.0. The van der Waals surface area contributed by atoms with Crippen LogP contribution in [0.3, 0.4) is 0 Å². The third-order valence-corrected chi connectivity index (χ3v) is 5.28. The second-order valence-electron chi connectivity index (χ2n) is 5.10. The van der Waals surface area contributed by atoms with Gasteiger partial charge in [0.25, 0.3) is 10.0 Å². The van der Waals surface area contributed by atoms with E-state index in [0.29, 0.717) is 0 Å². The van der Waals surface area contributed by atoms with Crippen LogP contribution in [0.5, 0.6) is 0 Å². The molecule has 0 heterocycles. The maximum absolute atomic E-state index is 13.0. The molecule has 0 bridgehead atoms. The lowest BCUT2D eigenvalue weighted by atomic mass is 10.2. The number of halogens is 1. The molecular weight excluding hydrogens is 321 g/mol. The lowest BCUT2D eigenvalue weighted by molar-refractivity contribution is -0.137. The highest BCUT2D eigenvalue weighted by Crippen LogP contribution is 2.26. The van der Waals surface area contributed by atoms with Gasteiger partial charge in [0.1, 0.15) is 11.9 Å². The van der Waals surface area contributed by atoms with E-state index in [2.05, 4.69) is 0 Å². The van der Waals surface area contributed by atoms with Crippen molar-refractivity contribution < 1.29 is 22.7 Å². The molecule has 0 aliphatic heterocycles. The average Bonchev–Trinajstić information content (AvgIpc) is 2.49. The molecule has 2 rings (SSSR count). The molecule has 5 nitrogen and oxygen atoms in total. The average molecular weight is 337 g/mol. The molecule has 7 heteroatoms. The number of aliphatic carboxylic acids is 1. The Kier molecular flexibility index (Phi) is 4.70. The van der Waals surface area contributed by atoms with Crippen LogP contribution in [0.2, 0.25) is 0 Å². The van der Waals surface area contributed by atoms with Crippen LogP contribution in [0.1, 0.15) is 12.5 Å². The summed E-state index contributed by atoms with van der Waals surface area (Å²) in [4.78, 5) is 11.2. The van der Waals surface area contributed by atoms with Gasteiger partial charge in [0, 0.05) is 0 Å². The number of rotatable bonds is 5. The number of sulfonamides is 1. The third-order valence-electron chi connectivity index (χ3n) is 3.37. The summed E-state index contributed by atoms with van der Waals surface area (Å²) in [6, 6.07) is 9.41. The Balaban J connectivity index is 2.58. The van der Waals surface area contributed by atoms with Crippen LogP contribution < -0.4 is 4.31 Å². The lowest BCUT2D eigenvalue weighted by Gasteiger charge is -2.28. The Morgan fingerprint density at radius 3 is 2.09 bits per heavy atom. The molecule has 0 aromatic heterocycles. The van der Waals surface area contributed by atoms with Crippen LogP contribution in [0.15, 0.2) is 53.4 Å². The molecule has 0 amide bonds. The summed E-state index contributed by atoms with van der Waals surface area (Å²) in [5, 5.41) is 9.26. The van der Waals surface area contributed by atoms with E-state index in [1.54, 1.807) is 12.1 Å². The zero-order valence-electron chi connectivity index (χ0n) is 12.6. The molecule has 122 valence electrons. The number of benzene rings is 2. The van der Waals surface area contributed by atoms with Crippen molar-refractivity contribution in [3.63, 3.8) is 0 Å². The summed E-state index contributed by atoms with van der Waals surface area (Å²) < 4.78 is 39.5. The van der Waals surface area contributed by atoms with E-state index in [1.165, 1.54) is 19.1 Å². The predicted octanol–water partition coefficient (Wildman–Crippen LogP) is 2.80. The van der Waals surface area contributed by atoms with Crippen LogP contribution in [0.4, 0.5) is 10.1 Å². The second-order valence-corrected chi connectivity index (χ2v) is 6.92. The SMILES string of the molecule is Cc1ccc(N(C(C)C(=O)O)S(=O)(=O)c2ccc(F)cc2)cc1. The van der Waals surface area contributed by atoms with Crippen LogP contribution >= 0.6 is 0 Å². The Morgan fingerprint density at radius 1 is 1.09 bits per heavy atom. The molecular formula is C16H16FNO4S. The van der Waals surface area contributed by atoms with Crippen molar-refractivity contribution in [1.82, 2.24) is 0 Å². The molecule has 0 spiro atoms. The van der Waals surface area contributed by atoms with E-state index in [-0.39, 0.29) is 10.6 Å². The van der Waals surface area contributed by atoms with Gasteiger partial charge in [0.05, 0.1) is 10.6 Å². The van der Waals surface area contributed by atoms with Crippen molar-refractivity contribution in [2.24, 2.45) is 0 Å². The van der Waals surface area contributed by atoms with Crippen molar-refractivity contribution in [1.29, 1.82) is 0 Å². The number of anilines is 1. The van der Waals surface area contributed by atoms with Gasteiger partial charge in [0.2, 0.25) is 0 Å². The fourth-order valence-electron chi connectivity index (χ4n) is 2.08. The van der Waals surface area contributed by atoms with Crippen molar-refractivity contribution in [3.05, 3.63) is 59.9 Å². The fourth-order valence-corrected chi connectivity index (χ4v) is 3.70. The zero-order valence-corrected chi connectivity index (χ0v) is 13.4. The van der Waals surface area contributed by atoms with Crippen LogP contribution in [0.25, 0.3) is 0 Å². The monoisotopic (exact) mass is 337 g/mol. The summed E-state index contributed by atoms with van der Waals surface area (Å²) >= 11 is 0. The molecule has 0 fully saturated rings. The van der Waals surface area contributed by atoms with Gasteiger partial charge in [-0.05, 0) is 50.2 Å². The number of hydrogen-bond donors (Lipinski definition) is 1. The smallest absolute Gasteiger partial charge is 0.327 e. The highest BCUT2D eigenvalue weighted by Gasteiger charge is 2.33. The van der Waals surface area contributed by atoms with E-state index in [4.69, 9.17) is 0 Å². The van der Waals surface area contributed by atoms with E-state index in [1.807, 2.05) is 6.92 Å². The molecule has 2 aromatic rings. The number of carboxylic acid groups (broad SMARTS) is 1. The molecule has 1 unspecified atom stereocenters. The Bertz CT molecular complexity index is 801. The number of carbonyl (C=O) groups is 1. The molecule has 0 aliphatic carbocycles. The minimum absolute atomic E-state index is 0.174. The van der Waals surface area contributed by atoms with Gasteiger partial charge in [-0.25, -0.2) is 17.6 Å². The highest BCUT2D eigenvalue weighted by molar-refractivity contribution is 7.92. The molecule has 0 saturated heterocycles. The maximum Gasteiger partial charge on any atom is 0.327 e. The Labute approximate surface area is 134 Å². The Hall–Kier alpha value is -2.41. The van der Waals surface area contributed by atoms with Gasteiger partial charge in [0.15, 0.2) is 0 Å². The quantitative estimate of drug-likeness (QED) is 0.910. The van der Waals surface area contributed by atoms with Crippen molar-refractivity contribution in [2.75, 3.05) is 4.31 Å². The first kappa shape index (κ1) is 17.0. The van der Waals surface area contributed by atoms with Gasteiger partial charge in [-0.2, -0.15) is 0 Å². The Morgan fingerprint density at radius 2 is 1.61 bits per heavy atom. The van der Waals surface area contributed by atoms with E-state index >= 15 is 0 Å². The van der Waals surface area contributed by atoms with E-state index in [0.717, 1.165) is 34.1 Å². The molecule has 1 N–H and O–H groups in total. The first-order valence-corrected chi connectivity index (χ1v) is 8.27. The first-order valence-electron chi connectivity index (χ1n) is 6.83. The minimum Gasteiger partial charge on any atom is -0.480 e. The summed E-state index contributed by atoms with van der Waals surface area (Å²) in [6.45, 7) is 3.12. The number of aryl methyl sites for hydroxylation is 1. The molecule has 23 heavy (non-hydrogen) atoms. The summed E-state index contributed by atoms with van der Waals surface area (Å²) in [5.74, 6) is -1.85. The third kappa shape index (κ3) is 3.50. The van der Waals surface area contributed by atoms with Gasteiger partial charge in [-0.1, -0.05) is 17.7 Å². The minimum atomic E-state index is -4.14. The molecule has 0 saturated carbocycles. The van der Waals surface area contributed by atoms with Crippen molar-refractivity contribution in [3.8, 4) is 0 Å². The number of hydrogen-bond acceptors (Lipinski definition) is 3. The summed E-state index contributed by atoms with van der Waals surface area (Å²) in [6.07, 6.45) is 0. The van der Waals surface area contributed by atoms with Gasteiger partial charge >= 0.3 is 5.97 Å². The molecule has 0 radical (unpaired) electrons. The first-order chi connectivity index (χ1) is 10.7. The largest absolute Gasteiger partial charge is 0.480 e. The summed E-state index contributed by atoms with van der Waals surface area (Å²) in [7, 11) is -4.14. The fraction of sp³-hybridized carbons (Fsp3) is 0.188. The zero-order chi connectivity index (χ0) is 17.2. The van der Waals surface area contributed by atoms with E-state index < -0.39 is 27.9 Å². The van der Waals surface area contributed by atoms with Crippen LogP contribution in [0, 0.1) is 12.7 Å². The second kappa shape index (κ2) is 6.37. The van der Waals surface area contributed by atoms with Gasteiger partial charge in [-0.15, -0.1) is 0 Å². The summed E-state index contributed by atoms with van der Waals surface area (Å²) in [5.41, 5.74) is 1.14. The van der Waals surface area contributed by atoms with Gasteiger partial charge in [-0.3, -0.25) is 4.31 Å². The van der Waals surface area contributed by atoms with Crippen LogP contribution in [-0.4, -0.2) is 25.5 Å². The molecule has 0 aliphatic rings. The van der Waals surface area contributed by atoms with Crippen molar-refractivity contribution in [2.45, 2.75) is 24.8 Å². The number of nitrogens with zero attached hydrogens (tertiary/aromatic N) is 1. The topological polar surface area (TPSA) is 74.7 Å².